The van der Waals surface area contributed by atoms with Crippen LogP contribution in [0.4, 0.5) is 0 Å². The molecule has 1 saturated carbocycles. The van der Waals surface area contributed by atoms with Crippen molar-refractivity contribution in [3.05, 3.63) is 47.0 Å². The molecular formula is C19H24ClN. The highest BCUT2D eigenvalue weighted by Crippen LogP contribution is 2.36. The van der Waals surface area contributed by atoms with Crippen LogP contribution < -0.4 is 5.32 Å². The zero-order valence-electron chi connectivity index (χ0n) is 12.7. The monoisotopic (exact) mass is 301 g/mol. The van der Waals surface area contributed by atoms with E-state index < -0.39 is 0 Å². The zero-order chi connectivity index (χ0) is 14.7. The molecule has 2 aromatic carbocycles. The number of nitrogens with one attached hydrogen (secondary N) is 1. The fraction of sp³-hybridized carbons (Fsp3) is 0.474. The van der Waals surface area contributed by atoms with Crippen LogP contribution in [0.15, 0.2) is 36.4 Å². The van der Waals surface area contributed by atoms with Gasteiger partial charge < -0.3 is 5.32 Å². The van der Waals surface area contributed by atoms with Crippen molar-refractivity contribution in [3.8, 4) is 0 Å². The Morgan fingerprint density at radius 1 is 1.10 bits per heavy atom. The van der Waals surface area contributed by atoms with Crippen molar-refractivity contribution in [2.24, 2.45) is 5.92 Å². The highest BCUT2D eigenvalue weighted by atomic mass is 35.5. The van der Waals surface area contributed by atoms with Gasteiger partial charge in [0.2, 0.25) is 0 Å². The maximum absolute atomic E-state index is 6.36. The molecule has 0 spiro atoms. The van der Waals surface area contributed by atoms with E-state index in [4.69, 9.17) is 11.6 Å². The van der Waals surface area contributed by atoms with Crippen LogP contribution in [0.5, 0.6) is 0 Å². The predicted molar refractivity (Wildman–Crippen MR) is 92.0 cm³/mol. The molecule has 0 radical (unpaired) electrons. The number of benzene rings is 2. The summed E-state index contributed by atoms with van der Waals surface area (Å²) < 4.78 is 0. The fourth-order valence-electron chi connectivity index (χ4n) is 3.74. The van der Waals surface area contributed by atoms with Gasteiger partial charge in [-0.05, 0) is 35.9 Å². The van der Waals surface area contributed by atoms with E-state index >= 15 is 0 Å². The van der Waals surface area contributed by atoms with Crippen LogP contribution in [0.3, 0.4) is 0 Å². The lowest BCUT2D eigenvalue weighted by Gasteiger charge is -2.23. The van der Waals surface area contributed by atoms with Crippen molar-refractivity contribution in [2.75, 3.05) is 6.54 Å². The van der Waals surface area contributed by atoms with Crippen LogP contribution >= 0.6 is 11.6 Å². The third kappa shape index (κ3) is 3.25. The molecule has 1 nitrogen and oxygen atoms in total. The van der Waals surface area contributed by atoms with Crippen LogP contribution in [0.1, 0.15) is 50.6 Å². The minimum absolute atomic E-state index is 0.445. The molecular weight excluding hydrogens is 278 g/mol. The summed E-state index contributed by atoms with van der Waals surface area (Å²) in [5.74, 6) is 0.878. The number of halogens is 1. The minimum atomic E-state index is 0.445. The molecule has 3 rings (SSSR count). The van der Waals surface area contributed by atoms with Crippen LogP contribution in [0.25, 0.3) is 10.8 Å². The van der Waals surface area contributed by atoms with E-state index in [0.717, 1.165) is 17.5 Å². The predicted octanol–water partition coefficient (Wildman–Crippen LogP) is 5.72. The molecule has 2 heteroatoms. The van der Waals surface area contributed by atoms with Gasteiger partial charge in [-0.25, -0.2) is 0 Å². The first-order valence-electron chi connectivity index (χ1n) is 8.20. The van der Waals surface area contributed by atoms with Crippen molar-refractivity contribution < 1.29 is 0 Å². The smallest absolute Gasteiger partial charge is 0.0484 e. The second kappa shape index (κ2) is 6.81. The van der Waals surface area contributed by atoms with E-state index in [0.29, 0.717) is 6.04 Å². The molecule has 1 atom stereocenters. The summed E-state index contributed by atoms with van der Waals surface area (Å²) in [6.07, 6.45) is 6.86. The van der Waals surface area contributed by atoms with E-state index in [2.05, 4.69) is 48.6 Å². The van der Waals surface area contributed by atoms with E-state index in [-0.39, 0.29) is 0 Å². The van der Waals surface area contributed by atoms with Crippen molar-refractivity contribution in [3.63, 3.8) is 0 Å². The molecule has 1 aliphatic carbocycles. The Labute approximate surface area is 132 Å². The van der Waals surface area contributed by atoms with Crippen molar-refractivity contribution in [2.45, 2.75) is 45.1 Å². The summed E-state index contributed by atoms with van der Waals surface area (Å²) in [6.45, 7) is 3.20. The van der Waals surface area contributed by atoms with E-state index in [1.54, 1.807) is 0 Å². The molecule has 1 aliphatic rings. The molecule has 0 aromatic heterocycles. The summed E-state index contributed by atoms with van der Waals surface area (Å²) in [4.78, 5) is 0. The fourth-order valence-corrected chi connectivity index (χ4v) is 3.96. The van der Waals surface area contributed by atoms with Gasteiger partial charge in [0, 0.05) is 16.5 Å². The molecule has 0 heterocycles. The molecule has 0 bridgehead atoms. The van der Waals surface area contributed by atoms with E-state index in [1.807, 2.05) is 0 Å². The second-order valence-electron chi connectivity index (χ2n) is 6.18. The first kappa shape index (κ1) is 14.9. The van der Waals surface area contributed by atoms with Gasteiger partial charge in [-0.2, -0.15) is 0 Å². The van der Waals surface area contributed by atoms with Gasteiger partial charge in [-0.3, -0.25) is 0 Å². The van der Waals surface area contributed by atoms with Gasteiger partial charge in [0.1, 0.15) is 0 Å². The van der Waals surface area contributed by atoms with Crippen molar-refractivity contribution >= 4 is 22.4 Å². The van der Waals surface area contributed by atoms with Crippen LogP contribution in [-0.4, -0.2) is 6.54 Å². The van der Waals surface area contributed by atoms with E-state index in [9.17, 15) is 0 Å². The first-order chi connectivity index (χ1) is 10.3. The lowest BCUT2D eigenvalue weighted by molar-refractivity contribution is 0.402. The highest BCUT2D eigenvalue weighted by molar-refractivity contribution is 6.35. The van der Waals surface area contributed by atoms with Crippen LogP contribution in [-0.2, 0) is 0 Å². The number of hydrogen-bond donors (Lipinski definition) is 1. The molecule has 1 unspecified atom stereocenters. The SMILES string of the molecule is CCNC(CC1CCCC1)c1ccc(Cl)c2ccccc12. The third-order valence-corrected chi connectivity index (χ3v) is 5.10. The summed E-state index contributed by atoms with van der Waals surface area (Å²) in [5.41, 5.74) is 1.41. The summed E-state index contributed by atoms with van der Waals surface area (Å²) >= 11 is 6.36. The quantitative estimate of drug-likeness (QED) is 0.744. The average Bonchev–Trinajstić information content (AvgIpc) is 3.01. The molecule has 0 saturated heterocycles. The minimum Gasteiger partial charge on any atom is -0.310 e. The Balaban J connectivity index is 1.96. The largest absolute Gasteiger partial charge is 0.310 e. The lowest BCUT2D eigenvalue weighted by atomic mass is 9.90. The lowest BCUT2D eigenvalue weighted by Crippen LogP contribution is -2.23. The maximum Gasteiger partial charge on any atom is 0.0484 e. The summed E-state index contributed by atoms with van der Waals surface area (Å²) in [6, 6.07) is 13.2. The van der Waals surface area contributed by atoms with Gasteiger partial charge in [0.15, 0.2) is 0 Å². The molecule has 1 fully saturated rings. The highest BCUT2D eigenvalue weighted by Gasteiger charge is 2.22. The molecule has 21 heavy (non-hydrogen) atoms. The number of rotatable bonds is 5. The van der Waals surface area contributed by atoms with Gasteiger partial charge in [0.05, 0.1) is 0 Å². The first-order valence-corrected chi connectivity index (χ1v) is 8.58. The normalized spacial score (nSPS) is 17.4. The second-order valence-corrected chi connectivity index (χ2v) is 6.59. The standard InChI is InChI=1S/C19H24ClN/c1-2-21-19(13-14-7-3-4-8-14)17-11-12-18(20)16-10-6-5-9-15(16)17/h5-6,9-12,14,19,21H,2-4,7-8,13H2,1H3. The summed E-state index contributed by atoms with van der Waals surface area (Å²) in [5, 5.41) is 7.02. The Morgan fingerprint density at radius 3 is 2.52 bits per heavy atom. The topological polar surface area (TPSA) is 12.0 Å². The van der Waals surface area contributed by atoms with Gasteiger partial charge in [-0.1, -0.05) is 74.5 Å². The summed E-state index contributed by atoms with van der Waals surface area (Å²) in [7, 11) is 0. The van der Waals surface area contributed by atoms with Crippen molar-refractivity contribution in [1.82, 2.24) is 5.32 Å². The van der Waals surface area contributed by atoms with Gasteiger partial charge in [0.25, 0.3) is 0 Å². The van der Waals surface area contributed by atoms with E-state index in [1.165, 1.54) is 48.4 Å². The zero-order valence-corrected chi connectivity index (χ0v) is 13.5. The molecule has 1 N–H and O–H groups in total. The maximum atomic E-state index is 6.36. The van der Waals surface area contributed by atoms with Crippen LogP contribution in [0, 0.1) is 5.92 Å². The molecule has 0 aliphatic heterocycles. The third-order valence-electron chi connectivity index (χ3n) is 4.77. The number of hydrogen-bond acceptors (Lipinski definition) is 1. The Kier molecular flexibility index (Phi) is 4.82. The van der Waals surface area contributed by atoms with Gasteiger partial charge >= 0.3 is 0 Å². The Morgan fingerprint density at radius 2 is 1.81 bits per heavy atom. The van der Waals surface area contributed by atoms with Gasteiger partial charge in [-0.15, -0.1) is 0 Å². The average molecular weight is 302 g/mol. The number of fused-ring (bicyclic) bond motifs is 1. The Bertz CT molecular complexity index is 602. The molecule has 2 aromatic rings. The molecule has 0 amide bonds. The van der Waals surface area contributed by atoms with Crippen LogP contribution in [0.2, 0.25) is 5.02 Å². The molecule has 112 valence electrons. The van der Waals surface area contributed by atoms with Crippen molar-refractivity contribution in [1.29, 1.82) is 0 Å². The Hall–Kier alpha value is -1.05.